The third-order valence-corrected chi connectivity index (χ3v) is 7.64. The van der Waals surface area contributed by atoms with E-state index in [2.05, 4.69) is 25.1 Å². The van der Waals surface area contributed by atoms with Crippen molar-refractivity contribution in [3.63, 3.8) is 0 Å². The number of rotatable bonds is 3. The third-order valence-electron chi connectivity index (χ3n) is 7.64. The van der Waals surface area contributed by atoms with E-state index < -0.39 is 16.9 Å². The Kier molecular flexibility index (Phi) is 4.83. The van der Waals surface area contributed by atoms with Crippen LogP contribution in [0.15, 0.2) is 88.1 Å². The second-order valence-corrected chi connectivity index (χ2v) is 10.6. The summed E-state index contributed by atoms with van der Waals surface area (Å²) in [6.07, 6.45) is 1.96. The average molecular weight is 492 g/mol. The van der Waals surface area contributed by atoms with Crippen LogP contribution in [0.25, 0.3) is 16.5 Å². The van der Waals surface area contributed by atoms with Gasteiger partial charge in [-0.05, 0) is 55.7 Å². The molecule has 6 nitrogen and oxygen atoms in total. The standard InChI is InChI=1S/C31H25NO5/c1-30(2)17-31(3,19-8-5-4-6-9-19)24-11-7-10-21-22(28(35)32(30)27(21)24)16-25(34)23-14-18-12-13-20(33)15-26(18)37-29(23)36/h4-16,33H,17H2,1-3H3/b22-16+. The van der Waals surface area contributed by atoms with Crippen molar-refractivity contribution in [2.45, 2.75) is 38.1 Å². The zero-order valence-corrected chi connectivity index (χ0v) is 20.7. The monoisotopic (exact) mass is 491 g/mol. The Morgan fingerprint density at radius 1 is 0.973 bits per heavy atom. The summed E-state index contributed by atoms with van der Waals surface area (Å²) in [6, 6.07) is 21.9. The summed E-state index contributed by atoms with van der Waals surface area (Å²) in [5.74, 6) is -0.907. The molecule has 184 valence electrons. The van der Waals surface area contributed by atoms with Gasteiger partial charge in [-0.3, -0.25) is 9.59 Å². The molecule has 2 aliphatic heterocycles. The van der Waals surface area contributed by atoms with Crippen molar-refractivity contribution in [1.29, 1.82) is 0 Å². The second kappa shape index (κ2) is 7.77. The van der Waals surface area contributed by atoms with E-state index in [1.807, 2.05) is 44.2 Å². The number of para-hydroxylation sites is 1. The maximum absolute atomic E-state index is 13.8. The summed E-state index contributed by atoms with van der Waals surface area (Å²) < 4.78 is 5.28. The van der Waals surface area contributed by atoms with Crippen LogP contribution >= 0.6 is 0 Å². The molecule has 1 N–H and O–H groups in total. The number of fused-ring (bicyclic) bond motifs is 1. The first-order valence-corrected chi connectivity index (χ1v) is 12.2. The number of nitrogens with zero attached hydrogens (tertiary/aromatic N) is 1. The Labute approximate surface area is 213 Å². The SMILES string of the molecule is CC1(c2ccccc2)CC(C)(C)N2C(=O)/C(=C/C(=O)c3cc4ccc(O)cc4oc3=O)c3cccc1c32. The first-order valence-electron chi connectivity index (χ1n) is 12.2. The van der Waals surface area contributed by atoms with E-state index in [0.717, 1.165) is 16.8 Å². The van der Waals surface area contributed by atoms with Gasteiger partial charge in [-0.25, -0.2) is 4.79 Å². The normalized spacial score (nSPS) is 20.9. The first kappa shape index (κ1) is 23.0. The van der Waals surface area contributed by atoms with Gasteiger partial charge in [0.25, 0.3) is 5.91 Å². The van der Waals surface area contributed by atoms with E-state index in [9.17, 15) is 19.5 Å². The van der Waals surface area contributed by atoms with E-state index in [1.54, 1.807) is 11.0 Å². The Balaban J connectivity index is 1.51. The van der Waals surface area contributed by atoms with Gasteiger partial charge in [0, 0.05) is 28.0 Å². The minimum Gasteiger partial charge on any atom is -0.508 e. The van der Waals surface area contributed by atoms with E-state index in [1.165, 1.54) is 24.3 Å². The summed E-state index contributed by atoms with van der Waals surface area (Å²) in [6.45, 7) is 6.29. The number of hydrogen-bond acceptors (Lipinski definition) is 5. The highest BCUT2D eigenvalue weighted by Gasteiger charge is 2.52. The molecule has 6 rings (SSSR count). The molecule has 0 fully saturated rings. The maximum atomic E-state index is 13.8. The molecule has 3 aromatic carbocycles. The Morgan fingerprint density at radius 3 is 2.49 bits per heavy atom. The highest BCUT2D eigenvalue weighted by molar-refractivity contribution is 6.36. The van der Waals surface area contributed by atoms with Gasteiger partial charge in [0.2, 0.25) is 0 Å². The number of hydrogen-bond donors (Lipinski definition) is 1. The van der Waals surface area contributed by atoms with Crippen molar-refractivity contribution in [2.75, 3.05) is 4.90 Å². The number of aromatic hydroxyl groups is 1. The van der Waals surface area contributed by atoms with Gasteiger partial charge >= 0.3 is 5.63 Å². The minimum atomic E-state index is -0.822. The number of allylic oxidation sites excluding steroid dienone is 1. The van der Waals surface area contributed by atoms with Crippen molar-refractivity contribution in [3.05, 3.63) is 112 Å². The molecular formula is C31H25NO5. The molecule has 0 saturated heterocycles. The molecule has 0 spiro atoms. The topological polar surface area (TPSA) is 87.8 Å². The van der Waals surface area contributed by atoms with Crippen molar-refractivity contribution < 1.29 is 19.1 Å². The van der Waals surface area contributed by atoms with Gasteiger partial charge in [-0.1, -0.05) is 55.5 Å². The summed E-state index contributed by atoms with van der Waals surface area (Å²) in [5.41, 5.74) is 2.29. The summed E-state index contributed by atoms with van der Waals surface area (Å²) in [5, 5.41) is 10.2. The molecule has 0 aliphatic carbocycles. The zero-order chi connectivity index (χ0) is 26.1. The lowest BCUT2D eigenvalue weighted by Gasteiger charge is -2.49. The van der Waals surface area contributed by atoms with Crippen molar-refractivity contribution in [2.24, 2.45) is 0 Å². The van der Waals surface area contributed by atoms with Crippen LogP contribution in [0.1, 0.15) is 54.2 Å². The molecule has 2 aliphatic rings. The maximum Gasteiger partial charge on any atom is 0.347 e. The highest BCUT2D eigenvalue weighted by atomic mass is 16.4. The molecule has 37 heavy (non-hydrogen) atoms. The number of phenols is 1. The Bertz CT molecular complexity index is 1710. The lowest BCUT2D eigenvalue weighted by Crippen LogP contribution is -2.54. The van der Waals surface area contributed by atoms with Gasteiger partial charge in [-0.15, -0.1) is 0 Å². The molecule has 6 heteroatoms. The largest absolute Gasteiger partial charge is 0.508 e. The molecule has 4 aromatic rings. The van der Waals surface area contributed by atoms with E-state index in [4.69, 9.17) is 4.42 Å². The highest BCUT2D eigenvalue weighted by Crippen LogP contribution is 2.55. The van der Waals surface area contributed by atoms with Crippen molar-refractivity contribution >= 4 is 33.9 Å². The lowest BCUT2D eigenvalue weighted by atomic mass is 9.65. The van der Waals surface area contributed by atoms with Crippen molar-refractivity contribution in [3.8, 4) is 5.75 Å². The third kappa shape index (κ3) is 3.36. The van der Waals surface area contributed by atoms with Crippen LogP contribution in [-0.2, 0) is 10.2 Å². The van der Waals surface area contributed by atoms with Gasteiger partial charge < -0.3 is 14.4 Å². The van der Waals surface area contributed by atoms with E-state index in [-0.39, 0.29) is 33.8 Å². The molecule has 1 unspecified atom stereocenters. The molecule has 1 aromatic heterocycles. The fourth-order valence-electron chi connectivity index (χ4n) is 6.08. The fraction of sp³-hybridized carbons (Fsp3) is 0.194. The first-order chi connectivity index (χ1) is 17.6. The van der Waals surface area contributed by atoms with Crippen LogP contribution in [0.5, 0.6) is 5.75 Å². The summed E-state index contributed by atoms with van der Waals surface area (Å²) in [7, 11) is 0. The quantitative estimate of drug-likeness (QED) is 0.229. The zero-order valence-electron chi connectivity index (χ0n) is 20.7. The van der Waals surface area contributed by atoms with E-state index in [0.29, 0.717) is 17.4 Å². The van der Waals surface area contributed by atoms with Crippen LogP contribution in [0.3, 0.4) is 0 Å². The number of carbonyl (C=O) groups is 2. The number of carbonyl (C=O) groups excluding carboxylic acids is 2. The number of amides is 1. The second-order valence-electron chi connectivity index (χ2n) is 10.6. The molecular weight excluding hydrogens is 466 g/mol. The lowest BCUT2D eigenvalue weighted by molar-refractivity contribution is -0.114. The van der Waals surface area contributed by atoms with Crippen LogP contribution in [-0.4, -0.2) is 22.3 Å². The number of ketones is 1. The van der Waals surface area contributed by atoms with E-state index >= 15 is 0 Å². The molecule has 1 atom stereocenters. The Hall–Kier alpha value is -4.45. The average Bonchev–Trinajstić information content (AvgIpc) is 3.15. The Morgan fingerprint density at radius 2 is 1.73 bits per heavy atom. The number of benzene rings is 3. The predicted molar refractivity (Wildman–Crippen MR) is 142 cm³/mol. The molecule has 0 radical (unpaired) electrons. The van der Waals surface area contributed by atoms with Crippen LogP contribution in [0, 0.1) is 0 Å². The smallest absolute Gasteiger partial charge is 0.347 e. The molecule has 3 heterocycles. The van der Waals surface area contributed by atoms with Gasteiger partial charge in [-0.2, -0.15) is 0 Å². The molecule has 0 bridgehead atoms. The van der Waals surface area contributed by atoms with Gasteiger partial charge in [0.05, 0.1) is 11.3 Å². The van der Waals surface area contributed by atoms with Crippen molar-refractivity contribution in [1.82, 2.24) is 0 Å². The summed E-state index contributed by atoms with van der Waals surface area (Å²) >= 11 is 0. The number of phenolic OH excluding ortho intramolecular Hbond substituents is 1. The van der Waals surface area contributed by atoms with Gasteiger partial charge in [0.15, 0.2) is 5.78 Å². The molecule has 1 amide bonds. The molecule has 0 saturated carbocycles. The minimum absolute atomic E-state index is 0.0449. The van der Waals surface area contributed by atoms with Crippen LogP contribution < -0.4 is 10.5 Å². The van der Waals surface area contributed by atoms with Crippen LogP contribution in [0.4, 0.5) is 5.69 Å². The van der Waals surface area contributed by atoms with Crippen LogP contribution in [0.2, 0.25) is 0 Å². The number of anilines is 1. The van der Waals surface area contributed by atoms with Gasteiger partial charge in [0.1, 0.15) is 16.9 Å². The predicted octanol–water partition coefficient (Wildman–Crippen LogP) is 5.60. The summed E-state index contributed by atoms with van der Waals surface area (Å²) in [4.78, 5) is 41.6. The fourth-order valence-corrected chi connectivity index (χ4v) is 6.08.